The van der Waals surface area contributed by atoms with Gasteiger partial charge in [0.05, 0.1) is 34.0 Å². The van der Waals surface area contributed by atoms with Crippen molar-refractivity contribution in [2.75, 3.05) is 28.4 Å². The summed E-state index contributed by atoms with van der Waals surface area (Å²) in [4.78, 5) is 13.1. The maximum absolute atomic E-state index is 13.1. The van der Waals surface area contributed by atoms with E-state index in [9.17, 15) is 4.79 Å². The van der Waals surface area contributed by atoms with Crippen molar-refractivity contribution < 1.29 is 33.2 Å². The smallest absolute Gasteiger partial charge is 0.232 e. The summed E-state index contributed by atoms with van der Waals surface area (Å²) < 4.78 is 33.3. The summed E-state index contributed by atoms with van der Waals surface area (Å²) in [5.74, 6) is 3.42. The van der Waals surface area contributed by atoms with Gasteiger partial charge >= 0.3 is 0 Å². The molecule has 0 spiro atoms. The molecular formula is C27H26O7. The number of carbonyl (C=O) groups is 1. The van der Waals surface area contributed by atoms with Crippen molar-refractivity contribution in [2.45, 2.75) is 13.5 Å². The third-order valence-electron chi connectivity index (χ3n) is 5.53. The first kappa shape index (κ1) is 23.0. The third-order valence-corrected chi connectivity index (χ3v) is 5.53. The minimum Gasteiger partial charge on any atom is -0.497 e. The number of carbonyl (C=O) groups excluding carboxylic acids is 1. The molecule has 1 heterocycles. The van der Waals surface area contributed by atoms with Gasteiger partial charge in [-0.25, -0.2) is 0 Å². The normalized spacial score (nSPS) is 13.3. The van der Waals surface area contributed by atoms with Crippen LogP contribution < -0.4 is 28.4 Å². The number of hydrogen-bond acceptors (Lipinski definition) is 7. The molecule has 1 aliphatic rings. The van der Waals surface area contributed by atoms with Gasteiger partial charge in [-0.1, -0.05) is 12.1 Å². The predicted octanol–water partition coefficient (Wildman–Crippen LogP) is 5.22. The van der Waals surface area contributed by atoms with E-state index in [0.29, 0.717) is 46.5 Å². The van der Waals surface area contributed by atoms with Crippen molar-refractivity contribution in [3.63, 3.8) is 0 Å². The lowest BCUT2D eigenvalue weighted by molar-refractivity contribution is 0.101. The van der Waals surface area contributed by atoms with Crippen molar-refractivity contribution in [1.29, 1.82) is 0 Å². The molecule has 7 nitrogen and oxygen atoms in total. The molecule has 0 unspecified atom stereocenters. The molecule has 176 valence electrons. The van der Waals surface area contributed by atoms with E-state index >= 15 is 0 Å². The van der Waals surface area contributed by atoms with Gasteiger partial charge < -0.3 is 28.4 Å². The topological polar surface area (TPSA) is 72.5 Å². The Balaban J connectivity index is 1.59. The summed E-state index contributed by atoms with van der Waals surface area (Å²) in [5.41, 5.74) is 2.92. The Hall–Kier alpha value is -4.13. The summed E-state index contributed by atoms with van der Waals surface area (Å²) in [5, 5.41) is 0. The van der Waals surface area contributed by atoms with Crippen LogP contribution >= 0.6 is 0 Å². The average molecular weight is 462 g/mol. The van der Waals surface area contributed by atoms with Gasteiger partial charge in [0.15, 0.2) is 17.3 Å². The average Bonchev–Trinajstić information content (AvgIpc) is 3.17. The number of rotatable bonds is 8. The fourth-order valence-corrected chi connectivity index (χ4v) is 3.76. The largest absolute Gasteiger partial charge is 0.497 e. The van der Waals surface area contributed by atoms with Crippen LogP contribution in [0.2, 0.25) is 0 Å². The highest BCUT2D eigenvalue weighted by Crippen LogP contribution is 2.40. The Bertz CT molecular complexity index is 1240. The maximum Gasteiger partial charge on any atom is 0.232 e. The van der Waals surface area contributed by atoms with Crippen molar-refractivity contribution >= 4 is 11.9 Å². The van der Waals surface area contributed by atoms with Crippen LogP contribution in [0, 0.1) is 6.92 Å². The van der Waals surface area contributed by atoms with Gasteiger partial charge in [0.2, 0.25) is 5.78 Å². The number of fused-ring (bicyclic) bond motifs is 1. The third kappa shape index (κ3) is 4.50. The molecular weight excluding hydrogens is 436 g/mol. The first-order valence-electron chi connectivity index (χ1n) is 10.6. The van der Waals surface area contributed by atoms with Crippen LogP contribution in [-0.2, 0) is 6.61 Å². The lowest BCUT2D eigenvalue weighted by Gasteiger charge is -2.12. The second kappa shape index (κ2) is 9.79. The fourth-order valence-electron chi connectivity index (χ4n) is 3.76. The summed E-state index contributed by atoms with van der Waals surface area (Å²) in [6.45, 7) is 2.24. The molecule has 1 aliphatic heterocycles. The molecule has 0 amide bonds. The van der Waals surface area contributed by atoms with E-state index in [2.05, 4.69) is 0 Å². The van der Waals surface area contributed by atoms with Crippen LogP contribution in [0.5, 0.6) is 34.5 Å². The highest BCUT2D eigenvalue weighted by atomic mass is 16.5. The van der Waals surface area contributed by atoms with E-state index in [-0.39, 0.29) is 11.5 Å². The van der Waals surface area contributed by atoms with Crippen LogP contribution in [0.1, 0.15) is 27.0 Å². The Labute approximate surface area is 198 Å². The van der Waals surface area contributed by atoms with E-state index in [1.54, 1.807) is 52.7 Å². The van der Waals surface area contributed by atoms with Gasteiger partial charge in [-0.3, -0.25) is 4.79 Å². The Morgan fingerprint density at radius 2 is 1.47 bits per heavy atom. The summed E-state index contributed by atoms with van der Waals surface area (Å²) in [6, 6.07) is 14.7. The van der Waals surface area contributed by atoms with E-state index < -0.39 is 0 Å². The van der Waals surface area contributed by atoms with E-state index in [1.807, 2.05) is 37.3 Å². The van der Waals surface area contributed by atoms with E-state index in [1.165, 1.54) is 0 Å². The number of Topliss-reactive ketones (excluding diaryl/α,β-unsaturated/α-hetero) is 1. The van der Waals surface area contributed by atoms with Crippen LogP contribution in [-0.4, -0.2) is 34.2 Å². The number of hydrogen-bond donors (Lipinski definition) is 0. The first-order chi connectivity index (χ1) is 16.5. The first-order valence-corrected chi connectivity index (χ1v) is 10.6. The number of ether oxygens (including phenoxy) is 6. The molecule has 0 fully saturated rings. The molecule has 0 atom stereocenters. The van der Waals surface area contributed by atoms with Gasteiger partial charge in [-0.2, -0.15) is 0 Å². The van der Waals surface area contributed by atoms with Crippen LogP contribution in [0.25, 0.3) is 6.08 Å². The van der Waals surface area contributed by atoms with E-state index in [0.717, 1.165) is 16.9 Å². The van der Waals surface area contributed by atoms with Gasteiger partial charge in [-0.15, -0.1) is 0 Å². The molecule has 0 aromatic heterocycles. The fraction of sp³-hybridized carbons (Fsp3) is 0.222. The minimum absolute atomic E-state index is 0.191. The molecule has 3 aromatic rings. The van der Waals surface area contributed by atoms with Crippen molar-refractivity contribution in [2.24, 2.45) is 0 Å². The predicted molar refractivity (Wildman–Crippen MR) is 128 cm³/mol. The Morgan fingerprint density at radius 1 is 0.794 bits per heavy atom. The molecule has 0 aliphatic carbocycles. The minimum atomic E-state index is -0.203. The Morgan fingerprint density at radius 3 is 2.12 bits per heavy atom. The van der Waals surface area contributed by atoms with Gasteiger partial charge in [-0.05, 0) is 48.4 Å². The molecule has 0 bridgehead atoms. The lowest BCUT2D eigenvalue weighted by Crippen LogP contribution is -2.01. The molecule has 4 rings (SSSR count). The monoisotopic (exact) mass is 462 g/mol. The Kier molecular flexibility index (Phi) is 6.63. The second-order valence-electron chi connectivity index (χ2n) is 7.64. The van der Waals surface area contributed by atoms with Crippen molar-refractivity contribution in [1.82, 2.24) is 0 Å². The van der Waals surface area contributed by atoms with Crippen molar-refractivity contribution in [3.8, 4) is 34.5 Å². The van der Waals surface area contributed by atoms with Gasteiger partial charge in [0.25, 0.3) is 0 Å². The molecule has 34 heavy (non-hydrogen) atoms. The zero-order valence-electron chi connectivity index (χ0n) is 19.8. The number of benzene rings is 3. The molecule has 0 radical (unpaired) electrons. The molecule has 0 N–H and O–H groups in total. The summed E-state index contributed by atoms with van der Waals surface area (Å²) >= 11 is 0. The number of allylic oxidation sites excluding steroid dienone is 1. The quantitative estimate of drug-likeness (QED) is 0.425. The highest BCUT2D eigenvalue weighted by molar-refractivity contribution is 6.15. The second-order valence-corrected chi connectivity index (χ2v) is 7.64. The molecule has 0 saturated carbocycles. The lowest BCUT2D eigenvalue weighted by atomic mass is 10.0. The maximum atomic E-state index is 13.1. The number of ketones is 1. The number of aryl methyl sites for hydroxylation is 1. The SMILES string of the molecule is COc1ccc(COc2cc(C)c3c(c2)O/C(=C\c2cc(OC)c(OC)cc2OC)C3=O)cc1. The van der Waals surface area contributed by atoms with Crippen LogP contribution in [0.15, 0.2) is 54.3 Å². The van der Waals surface area contributed by atoms with Gasteiger partial charge in [0.1, 0.15) is 29.6 Å². The van der Waals surface area contributed by atoms with E-state index in [4.69, 9.17) is 28.4 Å². The molecule has 0 saturated heterocycles. The molecule has 3 aromatic carbocycles. The van der Waals surface area contributed by atoms with Crippen LogP contribution in [0.4, 0.5) is 0 Å². The number of methoxy groups -OCH3 is 4. The van der Waals surface area contributed by atoms with Crippen molar-refractivity contribution in [3.05, 3.63) is 76.5 Å². The summed E-state index contributed by atoms with van der Waals surface area (Å²) in [6.07, 6.45) is 1.64. The van der Waals surface area contributed by atoms with Crippen LogP contribution in [0.3, 0.4) is 0 Å². The zero-order chi connectivity index (χ0) is 24.2. The molecule has 7 heteroatoms. The zero-order valence-corrected chi connectivity index (χ0v) is 19.8. The standard InChI is InChI=1S/C27H26O7/c1-16-10-20(33-15-17-6-8-19(29-2)9-7-17)13-24-26(16)27(28)25(34-24)12-18-11-22(31-4)23(32-5)14-21(18)30-3/h6-14H,15H2,1-5H3/b25-12-. The summed E-state index contributed by atoms with van der Waals surface area (Å²) in [7, 11) is 6.27. The van der Waals surface area contributed by atoms with Gasteiger partial charge in [0, 0.05) is 17.7 Å². The highest BCUT2D eigenvalue weighted by Gasteiger charge is 2.30.